The Morgan fingerprint density at radius 2 is 1.64 bits per heavy atom. The topological polar surface area (TPSA) is 74.7 Å². The smallest absolute Gasteiger partial charge is 0.323 e. The normalized spacial score (nSPS) is 15.4. The van der Waals surface area contributed by atoms with E-state index < -0.39 is 24.3 Å². The fourth-order valence-corrected chi connectivity index (χ4v) is 2.84. The minimum Gasteiger partial charge on any atom is -0.480 e. The minimum absolute atomic E-state index is 0.320. The van der Waals surface area contributed by atoms with Crippen LogP contribution in [0, 0.1) is 0 Å². The molecule has 2 aromatic rings. The number of carboxylic acids is 1. The van der Waals surface area contributed by atoms with Gasteiger partial charge in [0.25, 0.3) is 11.8 Å². The highest BCUT2D eigenvalue weighted by atomic mass is 16.4. The molecule has 0 aliphatic carbocycles. The van der Waals surface area contributed by atoms with E-state index in [4.69, 9.17) is 5.11 Å². The van der Waals surface area contributed by atoms with Crippen molar-refractivity contribution in [3.63, 3.8) is 0 Å². The highest BCUT2D eigenvalue weighted by molar-refractivity contribution is 6.34. The molecule has 0 spiro atoms. The highest BCUT2D eigenvalue weighted by Gasteiger charge is 2.35. The number of aliphatic carboxylic acids is 1. The Morgan fingerprint density at radius 1 is 1.00 bits per heavy atom. The van der Waals surface area contributed by atoms with Crippen LogP contribution in [0.4, 0.5) is 0 Å². The molecule has 3 rings (SSSR count). The van der Waals surface area contributed by atoms with Crippen LogP contribution < -0.4 is 0 Å². The van der Waals surface area contributed by atoms with Crippen LogP contribution in [0.15, 0.2) is 48.5 Å². The van der Waals surface area contributed by atoms with Crippen LogP contribution in [0.3, 0.4) is 0 Å². The Balaban J connectivity index is 2.10. The first-order chi connectivity index (χ1) is 12.0. The van der Waals surface area contributed by atoms with Gasteiger partial charge in [-0.15, -0.1) is 0 Å². The number of imide groups is 1. The lowest BCUT2D eigenvalue weighted by molar-refractivity contribution is -0.141. The number of hydrogen-bond acceptors (Lipinski definition) is 3. The van der Waals surface area contributed by atoms with E-state index in [0.29, 0.717) is 16.7 Å². The number of carbonyl (C=O) groups is 3. The second-order valence-electron chi connectivity index (χ2n) is 5.79. The number of carboxylic acid groups (broad SMARTS) is 1. The maximum absolute atomic E-state index is 12.7. The van der Waals surface area contributed by atoms with Crippen LogP contribution >= 0.6 is 0 Å². The van der Waals surface area contributed by atoms with Gasteiger partial charge >= 0.3 is 5.97 Å². The number of nitrogens with zero attached hydrogens (tertiary/aromatic N) is 1. The van der Waals surface area contributed by atoms with Gasteiger partial charge in [0.2, 0.25) is 0 Å². The van der Waals surface area contributed by atoms with E-state index in [-0.39, 0.29) is 0 Å². The maximum atomic E-state index is 12.7. The zero-order chi connectivity index (χ0) is 18.0. The first kappa shape index (κ1) is 16.6. The van der Waals surface area contributed by atoms with E-state index >= 15 is 0 Å². The fraction of sp³-hybridized carbons (Fsp3) is 0.150. The third kappa shape index (κ3) is 3.21. The van der Waals surface area contributed by atoms with Crippen LogP contribution in [-0.4, -0.2) is 34.3 Å². The van der Waals surface area contributed by atoms with Crippen molar-refractivity contribution in [2.75, 3.05) is 6.54 Å². The predicted octanol–water partition coefficient (Wildman–Crippen LogP) is 2.86. The summed E-state index contributed by atoms with van der Waals surface area (Å²) in [5, 5.41) is 9.02. The first-order valence-electron chi connectivity index (χ1n) is 7.99. The van der Waals surface area contributed by atoms with Crippen molar-refractivity contribution in [3.05, 3.63) is 70.8 Å². The minimum atomic E-state index is -1.23. The zero-order valence-corrected chi connectivity index (χ0v) is 13.7. The molecule has 0 unspecified atom stereocenters. The molecule has 126 valence electrons. The number of rotatable bonds is 4. The van der Waals surface area contributed by atoms with Crippen LogP contribution in [0.2, 0.25) is 0 Å². The van der Waals surface area contributed by atoms with Crippen molar-refractivity contribution < 1.29 is 19.5 Å². The molecule has 25 heavy (non-hydrogen) atoms. The third-order valence-electron chi connectivity index (χ3n) is 4.16. The monoisotopic (exact) mass is 335 g/mol. The van der Waals surface area contributed by atoms with E-state index in [1.807, 2.05) is 24.3 Å². The Morgan fingerprint density at radius 3 is 2.24 bits per heavy atom. The number of benzene rings is 2. The largest absolute Gasteiger partial charge is 0.480 e. The lowest BCUT2D eigenvalue weighted by Gasteiger charge is -2.27. The van der Waals surface area contributed by atoms with E-state index in [2.05, 4.69) is 6.92 Å². The molecule has 1 heterocycles. The Hall–Kier alpha value is -3.21. The molecule has 1 aliphatic heterocycles. The van der Waals surface area contributed by atoms with Gasteiger partial charge in [0.1, 0.15) is 6.54 Å². The lowest BCUT2D eigenvalue weighted by Crippen LogP contribution is -2.44. The summed E-state index contributed by atoms with van der Waals surface area (Å²) in [6.07, 6.45) is 2.61. The Kier molecular flexibility index (Phi) is 4.48. The molecule has 0 atom stereocenters. The van der Waals surface area contributed by atoms with Gasteiger partial charge in [-0.2, -0.15) is 0 Å². The van der Waals surface area contributed by atoms with Gasteiger partial charge in [0.05, 0.1) is 0 Å². The third-order valence-corrected chi connectivity index (χ3v) is 4.16. The molecule has 0 aromatic heterocycles. The molecule has 0 saturated carbocycles. The molecular weight excluding hydrogens is 318 g/mol. The van der Waals surface area contributed by atoms with Crippen molar-refractivity contribution in [1.82, 2.24) is 4.90 Å². The van der Waals surface area contributed by atoms with Crippen molar-refractivity contribution in [2.45, 2.75) is 13.3 Å². The molecule has 0 saturated heterocycles. The van der Waals surface area contributed by atoms with E-state index in [9.17, 15) is 14.4 Å². The van der Waals surface area contributed by atoms with E-state index in [1.165, 1.54) is 5.56 Å². The second-order valence-corrected chi connectivity index (χ2v) is 5.79. The summed E-state index contributed by atoms with van der Waals surface area (Å²) >= 11 is 0. The fourth-order valence-electron chi connectivity index (χ4n) is 2.84. The van der Waals surface area contributed by atoms with Gasteiger partial charge in [-0.1, -0.05) is 49.4 Å². The first-order valence-corrected chi connectivity index (χ1v) is 7.99. The van der Waals surface area contributed by atoms with Gasteiger partial charge in [0.15, 0.2) is 0 Å². The Labute approximate surface area is 145 Å². The van der Waals surface area contributed by atoms with Gasteiger partial charge in [-0.05, 0) is 35.3 Å². The van der Waals surface area contributed by atoms with Crippen LogP contribution in [0.1, 0.15) is 34.0 Å². The van der Waals surface area contributed by atoms with Gasteiger partial charge < -0.3 is 5.11 Å². The number of fused-ring (bicyclic) bond motifs is 1. The van der Waals surface area contributed by atoms with Crippen molar-refractivity contribution >= 4 is 29.4 Å². The molecule has 1 aliphatic rings. The summed E-state index contributed by atoms with van der Waals surface area (Å²) in [5.74, 6) is -2.40. The number of aryl methyl sites for hydroxylation is 1. The van der Waals surface area contributed by atoms with Crippen molar-refractivity contribution in [1.29, 1.82) is 0 Å². The second kappa shape index (κ2) is 6.73. The van der Waals surface area contributed by atoms with Crippen molar-refractivity contribution in [2.24, 2.45) is 0 Å². The molecular formula is C20H17NO4. The predicted molar refractivity (Wildman–Crippen MR) is 93.8 cm³/mol. The van der Waals surface area contributed by atoms with Crippen LogP contribution in [0.5, 0.6) is 0 Å². The zero-order valence-electron chi connectivity index (χ0n) is 13.7. The molecule has 0 fully saturated rings. The molecule has 0 bridgehead atoms. The summed E-state index contributed by atoms with van der Waals surface area (Å²) in [4.78, 5) is 37.0. The van der Waals surface area contributed by atoms with Gasteiger partial charge in [-0.25, -0.2) is 0 Å². The highest BCUT2D eigenvalue weighted by Crippen LogP contribution is 2.30. The number of hydrogen-bond donors (Lipinski definition) is 1. The lowest BCUT2D eigenvalue weighted by atomic mass is 9.92. The summed E-state index contributed by atoms with van der Waals surface area (Å²) in [5.41, 5.74) is 3.18. The van der Waals surface area contributed by atoms with Gasteiger partial charge in [-0.3, -0.25) is 19.3 Å². The molecule has 1 N–H and O–H groups in total. The summed E-state index contributed by atoms with van der Waals surface area (Å²) in [6, 6.07) is 14.5. The average molecular weight is 335 g/mol. The standard InChI is InChI=1S/C20H17NO4/c1-2-13-7-9-14(10-8-13)11-17-15-5-3-4-6-16(15)19(24)21(20(17)25)12-18(22)23/h3-11H,2,12H2,1H3,(H,22,23)/b17-11-. The summed E-state index contributed by atoms with van der Waals surface area (Å²) in [7, 11) is 0. The number of amides is 2. The van der Waals surface area contributed by atoms with Crippen molar-refractivity contribution in [3.8, 4) is 0 Å². The summed E-state index contributed by atoms with van der Waals surface area (Å²) < 4.78 is 0. The summed E-state index contributed by atoms with van der Waals surface area (Å²) in [6.45, 7) is 1.40. The molecule has 5 heteroatoms. The van der Waals surface area contributed by atoms with Crippen LogP contribution in [-0.2, 0) is 16.0 Å². The maximum Gasteiger partial charge on any atom is 0.323 e. The van der Waals surface area contributed by atoms with Crippen LogP contribution in [0.25, 0.3) is 11.6 Å². The SMILES string of the molecule is CCc1ccc(/C=C2\C(=O)N(CC(=O)O)C(=O)c3ccccc32)cc1. The average Bonchev–Trinajstić information content (AvgIpc) is 2.62. The molecule has 2 amide bonds. The molecule has 2 aromatic carbocycles. The molecule has 0 radical (unpaired) electrons. The molecule has 5 nitrogen and oxygen atoms in total. The quantitative estimate of drug-likeness (QED) is 0.689. The van der Waals surface area contributed by atoms with E-state index in [1.54, 1.807) is 30.3 Å². The van der Waals surface area contributed by atoms with Gasteiger partial charge in [0, 0.05) is 11.1 Å². The van der Waals surface area contributed by atoms with E-state index in [0.717, 1.165) is 16.9 Å². The Bertz CT molecular complexity index is 881. The number of carbonyl (C=O) groups excluding carboxylic acids is 2.